The second kappa shape index (κ2) is 9.03. The summed E-state index contributed by atoms with van der Waals surface area (Å²) in [5.41, 5.74) is 0.616. The highest BCUT2D eigenvalue weighted by Crippen LogP contribution is 2.20. The van der Waals surface area contributed by atoms with Gasteiger partial charge in [-0.1, -0.05) is 13.8 Å². The number of methoxy groups -OCH3 is 1. The number of ether oxygens (including phenoxy) is 1. The Balaban J connectivity index is 2.69. The predicted molar refractivity (Wildman–Crippen MR) is 94.6 cm³/mol. The van der Waals surface area contributed by atoms with E-state index in [1.807, 2.05) is 0 Å². The van der Waals surface area contributed by atoms with Crippen LogP contribution in [0.3, 0.4) is 0 Å². The minimum atomic E-state index is -3.61. The van der Waals surface area contributed by atoms with Crippen LogP contribution < -0.4 is 9.46 Å². The lowest BCUT2D eigenvalue weighted by Crippen LogP contribution is -2.38. The summed E-state index contributed by atoms with van der Waals surface area (Å²) in [6.07, 6.45) is 0.893. The molecule has 1 rings (SSSR count). The summed E-state index contributed by atoms with van der Waals surface area (Å²) in [7, 11) is -2.08. The maximum absolute atomic E-state index is 12.4. The van der Waals surface area contributed by atoms with Crippen LogP contribution in [0, 0.1) is 12.8 Å². The van der Waals surface area contributed by atoms with E-state index in [0.717, 1.165) is 6.42 Å². The summed E-state index contributed by atoms with van der Waals surface area (Å²) in [4.78, 5) is 13.5. The highest BCUT2D eigenvalue weighted by atomic mass is 32.2. The lowest BCUT2D eigenvalue weighted by molar-refractivity contribution is -0.128. The third-order valence-corrected chi connectivity index (χ3v) is 5.39. The fraction of sp³-hybridized carbons (Fsp3) is 0.588. The molecule has 0 spiro atoms. The van der Waals surface area contributed by atoms with Gasteiger partial charge in [0.05, 0.1) is 12.0 Å². The highest BCUT2D eigenvalue weighted by molar-refractivity contribution is 7.89. The van der Waals surface area contributed by atoms with Gasteiger partial charge in [-0.15, -0.1) is 0 Å². The molecule has 0 saturated heterocycles. The van der Waals surface area contributed by atoms with Gasteiger partial charge in [0.25, 0.3) is 0 Å². The van der Waals surface area contributed by atoms with E-state index in [-0.39, 0.29) is 17.3 Å². The van der Waals surface area contributed by atoms with Crippen molar-refractivity contribution in [3.05, 3.63) is 23.8 Å². The number of aryl methyl sites for hydroxylation is 1. The van der Waals surface area contributed by atoms with E-state index in [0.29, 0.717) is 30.3 Å². The van der Waals surface area contributed by atoms with Gasteiger partial charge in [-0.3, -0.25) is 4.79 Å². The third kappa shape index (κ3) is 6.13. The number of carbonyl (C=O) groups excluding carboxylic acids is 1. The van der Waals surface area contributed by atoms with Gasteiger partial charge in [0.15, 0.2) is 0 Å². The summed E-state index contributed by atoms with van der Waals surface area (Å²) in [6.45, 7) is 8.59. The first kappa shape index (κ1) is 20.4. The Labute approximate surface area is 145 Å². The molecule has 0 atom stereocenters. The molecule has 1 aromatic carbocycles. The maximum atomic E-state index is 12.4. The van der Waals surface area contributed by atoms with Crippen molar-refractivity contribution in [1.82, 2.24) is 9.62 Å². The first-order valence-corrected chi connectivity index (χ1v) is 9.55. The Morgan fingerprint density at radius 2 is 1.96 bits per heavy atom. The van der Waals surface area contributed by atoms with Crippen LogP contribution in [0.25, 0.3) is 0 Å². The van der Waals surface area contributed by atoms with Crippen molar-refractivity contribution in [3.63, 3.8) is 0 Å². The fourth-order valence-corrected chi connectivity index (χ4v) is 3.53. The highest BCUT2D eigenvalue weighted by Gasteiger charge is 2.18. The van der Waals surface area contributed by atoms with E-state index in [1.165, 1.54) is 20.1 Å². The molecule has 0 saturated carbocycles. The third-order valence-electron chi connectivity index (χ3n) is 3.77. The van der Waals surface area contributed by atoms with Crippen LogP contribution in [-0.2, 0) is 14.8 Å². The van der Waals surface area contributed by atoms with E-state index in [4.69, 9.17) is 4.74 Å². The molecule has 0 aliphatic heterocycles. The summed E-state index contributed by atoms with van der Waals surface area (Å²) < 4.78 is 32.5. The minimum Gasteiger partial charge on any atom is -0.497 e. The summed E-state index contributed by atoms with van der Waals surface area (Å²) >= 11 is 0. The van der Waals surface area contributed by atoms with Gasteiger partial charge < -0.3 is 9.64 Å². The summed E-state index contributed by atoms with van der Waals surface area (Å²) in [5, 5.41) is 0. The molecule has 0 bridgehead atoms. The number of carbonyl (C=O) groups is 1. The molecule has 0 aliphatic rings. The number of hydrogen-bond acceptors (Lipinski definition) is 4. The molecular weight excluding hydrogens is 328 g/mol. The molecule has 0 radical (unpaired) electrons. The fourth-order valence-electron chi connectivity index (χ4n) is 2.28. The zero-order valence-electron chi connectivity index (χ0n) is 15.1. The molecule has 136 valence electrons. The largest absolute Gasteiger partial charge is 0.497 e. The Hall–Kier alpha value is -1.60. The van der Waals surface area contributed by atoms with Gasteiger partial charge in [0.1, 0.15) is 5.75 Å². The van der Waals surface area contributed by atoms with E-state index in [9.17, 15) is 13.2 Å². The van der Waals surface area contributed by atoms with Crippen molar-refractivity contribution in [2.75, 3.05) is 26.7 Å². The van der Waals surface area contributed by atoms with Crippen molar-refractivity contribution in [2.45, 2.75) is 39.0 Å². The zero-order chi connectivity index (χ0) is 18.3. The average molecular weight is 356 g/mol. The van der Waals surface area contributed by atoms with Gasteiger partial charge in [0.2, 0.25) is 15.9 Å². The normalized spacial score (nSPS) is 11.6. The molecule has 1 aromatic rings. The van der Waals surface area contributed by atoms with E-state index >= 15 is 0 Å². The number of sulfonamides is 1. The van der Waals surface area contributed by atoms with Gasteiger partial charge in [-0.2, -0.15) is 0 Å². The summed E-state index contributed by atoms with van der Waals surface area (Å²) in [6, 6.07) is 4.82. The van der Waals surface area contributed by atoms with Crippen molar-refractivity contribution in [1.29, 1.82) is 0 Å². The van der Waals surface area contributed by atoms with E-state index in [1.54, 1.807) is 24.0 Å². The van der Waals surface area contributed by atoms with Gasteiger partial charge in [-0.05, 0) is 43.0 Å². The number of benzene rings is 1. The molecule has 1 N–H and O–H groups in total. The Morgan fingerprint density at radius 3 is 2.46 bits per heavy atom. The minimum absolute atomic E-state index is 0.0459. The van der Waals surface area contributed by atoms with Crippen LogP contribution >= 0.6 is 0 Å². The van der Waals surface area contributed by atoms with Crippen molar-refractivity contribution in [3.8, 4) is 5.75 Å². The first-order chi connectivity index (χ1) is 11.2. The number of nitrogens with zero attached hydrogens (tertiary/aromatic N) is 1. The van der Waals surface area contributed by atoms with Crippen LogP contribution in [0.5, 0.6) is 5.75 Å². The predicted octanol–water partition coefficient (Wildman–Crippen LogP) is 2.18. The van der Waals surface area contributed by atoms with Crippen LogP contribution in [-0.4, -0.2) is 46.0 Å². The van der Waals surface area contributed by atoms with Crippen LogP contribution in [0.4, 0.5) is 0 Å². The van der Waals surface area contributed by atoms with E-state index in [2.05, 4.69) is 18.6 Å². The van der Waals surface area contributed by atoms with Crippen LogP contribution in [0.2, 0.25) is 0 Å². The molecule has 1 amide bonds. The molecule has 0 aliphatic carbocycles. The number of amides is 1. The second-order valence-electron chi connectivity index (χ2n) is 6.22. The Morgan fingerprint density at radius 1 is 1.29 bits per heavy atom. The Kier molecular flexibility index (Phi) is 7.69. The lowest BCUT2D eigenvalue weighted by Gasteiger charge is -2.22. The molecule has 0 heterocycles. The first-order valence-electron chi connectivity index (χ1n) is 8.07. The SMILES string of the molecule is COc1ccc(S(=O)(=O)NCCN(CCC(C)C)C(C)=O)c(C)c1. The monoisotopic (exact) mass is 356 g/mol. The topological polar surface area (TPSA) is 75.7 Å². The average Bonchev–Trinajstić information content (AvgIpc) is 2.49. The Bertz CT molecular complexity index is 657. The van der Waals surface area contributed by atoms with Crippen molar-refractivity contribution in [2.24, 2.45) is 5.92 Å². The molecule has 7 heteroatoms. The number of nitrogens with one attached hydrogen (secondary N) is 1. The van der Waals surface area contributed by atoms with Gasteiger partial charge >= 0.3 is 0 Å². The number of rotatable bonds is 9. The smallest absolute Gasteiger partial charge is 0.240 e. The van der Waals surface area contributed by atoms with Gasteiger partial charge in [-0.25, -0.2) is 13.1 Å². The molecular formula is C17H28N2O4S. The maximum Gasteiger partial charge on any atom is 0.240 e. The summed E-state index contributed by atoms with van der Waals surface area (Å²) in [5.74, 6) is 1.06. The van der Waals surface area contributed by atoms with Crippen molar-refractivity contribution < 1.29 is 17.9 Å². The molecule has 0 aromatic heterocycles. The van der Waals surface area contributed by atoms with Crippen LogP contribution in [0.1, 0.15) is 32.8 Å². The molecule has 6 nitrogen and oxygen atoms in total. The van der Waals surface area contributed by atoms with Crippen LogP contribution in [0.15, 0.2) is 23.1 Å². The molecule has 0 unspecified atom stereocenters. The van der Waals surface area contributed by atoms with E-state index < -0.39 is 10.0 Å². The standard InChI is InChI=1S/C17H28N2O4S/c1-13(2)8-10-19(15(4)20)11-9-18-24(21,22)17-7-6-16(23-5)12-14(17)3/h6-7,12-13,18H,8-11H2,1-5H3. The quantitative estimate of drug-likeness (QED) is 0.736. The second-order valence-corrected chi connectivity index (χ2v) is 7.95. The zero-order valence-corrected chi connectivity index (χ0v) is 15.9. The molecule has 24 heavy (non-hydrogen) atoms. The lowest BCUT2D eigenvalue weighted by atomic mass is 10.1. The van der Waals surface area contributed by atoms with Crippen molar-refractivity contribution >= 4 is 15.9 Å². The molecule has 0 fully saturated rings. The van der Waals surface area contributed by atoms with Gasteiger partial charge in [0, 0.05) is 26.6 Å². The number of hydrogen-bond donors (Lipinski definition) is 1.